The lowest BCUT2D eigenvalue weighted by molar-refractivity contribution is -0.151. The van der Waals surface area contributed by atoms with Crippen LogP contribution in [0.3, 0.4) is 0 Å². The Balaban J connectivity index is 1.53. The Bertz CT molecular complexity index is 938. The van der Waals surface area contributed by atoms with Gasteiger partial charge in [-0.2, -0.15) is 0 Å². The first-order valence-electron chi connectivity index (χ1n) is 9.84. The largest absolute Gasteiger partial charge is 0.455 e. The van der Waals surface area contributed by atoms with Crippen LogP contribution in [-0.4, -0.2) is 35.8 Å². The van der Waals surface area contributed by atoms with E-state index in [4.69, 9.17) is 4.74 Å². The van der Waals surface area contributed by atoms with E-state index in [1.807, 2.05) is 63.2 Å². The van der Waals surface area contributed by atoms with Crippen LogP contribution in [0, 0.1) is 19.8 Å². The third kappa shape index (κ3) is 5.08. The van der Waals surface area contributed by atoms with Crippen LogP contribution in [0.1, 0.15) is 36.1 Å². The first kappa shape index (κ1) is 22.0. The Morgan fingerprint density at radius 1 is 1.20 bits per heavy atom. The van der Waals surface area contributed by atoms with Crippen molar-refractivity contribution < 1.29 is 19.1 Å². The Hall–Kier alpha value is -2.67. The molecule has 1 aliphatic rings. The van der Waals surface area contributed by atoms with Gasteiger partial charge in [-0.1, -0.05) is 46.3 Å². The van der Waals surface area contributed by atoms with Gasteiger partial charge in [0.15, 0.2) is 6.61 Å². The molecule has 2 aromatic carbocycles. The topological polar surface area (TPSA) is 75.7 Å². The lowest BCUT2D eigenvalue weighted by Crippen LogP contribution is -2.30. The zero-order valence-corrected chi connectivity index (χ0v) is 18.9. The van der Waals surface area contributed by atoms with Gasteiger partial charge >= 0.3 is 5.97 Å². The third-order valence-corrected chi connectivity index (χ3v) is 6.56. The predicted octanol–water partition coefficient (Wildman–Crippen LogP) is 4.16. The van der Waals surface area contributed by atoms with Crippen LogP contribution in [0.4, 0.5) is 5.69 Å². The maximum absolute atomic E-state index is 12.4. The summed E-state index contributed by atoms with van der Waals surface area (Å²) in [4.78, 5) is 38.7. The average molecular weight is 473 g/mol. The van der Waals surface area contributed by atoms with Crippen LogP contribution in [0.5, 0.6) is 0 Å². The van der Waals surface area contributed by atoms with Crippen LogP contribution in [0.15, 0.2) is 46.9 Å². The molecule has 158 valence electrons. The summed E-state index contributed by atoms with van der Waals surface area (Å²) in [5.41, 5.74) is 3.66. The molecule has 0 aromatic heterocycles. The fraction of sp³-hybridized carbons (Fsp3) is 0.348. The summed E-state index contributed by atoms with van der Waals surface area (Å²) in [6.07, 6.45) is 0.0999. The molecule has 0 aliphatic carbocycles. The summed E-state index contributed by atoms with van der Waals surface area (Å²) in [5, 5.41) is 2.74. The number of carbonyl (C=O) groups excluding carboxylic acids is 3. The third-order valence-electron chi connectivity index (χ3n) is 5.31. The van der Waals surface area contributed by atoms with Gasteiger partial charge in [0.25, 0.3) is 5.91 Å². The fourth-order valence-electron chi connectivity index (χ4n) is 3.64. The quantitative estimate of drug-likeness (QED) is 0.640. The van der Waals surface area contributed by atoms with Crippen molar-refractivity contribution in [3.05, 3.63) is 63.6 Å². The van der Waals surface area contributed by atoms with E-state index in [9.17, 15) is 14.4 Å². The number of esters is 1. The molecule has 1 N–H and O–H groups in total. The van der Waals surface area contributed by atoms with Crippen molar-refractivity contribution in [1.29, 1.82) is 0 Å². The minimum Gasteiger partial charge on any atom is -0.455 e. The molecule has 30 heavy (non-hydrogen) atoms. The molecule has 1 fully saturated rings. The van der Waals surface area contributed by atoms with Gasteiger partial charge < -0.3 is 15.0 Å². The van der Waals surface area contributed by atoms with E-state index in [1.54, 1.807) is 4.90 Å². The number of carbonyl (C=O) groups is 3. The summed E-state index contributed by atoms with van der Waals surface area (Å²) >= 11 is 3.49. The summed E-state index contributed by atoms with van der Waals surface area (Å²) < 4.78 is 6.18. The lowest BCUT2D eigenvalue weighted by atomic mass is 10.1. The van der Waals surface area contributed by atoms with Crippen molar-refractivity contribution >= 4 is 39.4 Å². The molecule has 0 saturated carbocycles. The fourth-order valence-corrected chi connectivity index (χ4v) is 3.87. The van der Waals surface area contributed by atoms with Gasteiger partial charge in [0, 0.05) is 23.1 Å². The Morgan fingerprint density at radius 2 is 1.83 bits per heavy atom. The first-order chi connectivity index (χ1) is 14.3. The van der Waals surface area contributed by atoms with Gasteiger partial charge in [-0.15, -0.1) is 0 Å². The molecule has 7 heteroatoms. The van der Waals surface area contributed by atoms with Crippen LogP contribution in [0.25, 0.3) is 0 Å². The molecule has 0 unspecified atom stereocenters. The predicted molar refractivity (Wildman–Crippen MR) is 118 cm³/mol. The smallest absolute Gasteiger partial charge is 0.311 e. The minimum atomic E-state index is -0.561. The van der Waals surface area contributed by atoms with E-state index in [-0.39, 0.29) is 25.0 Å². The highest BCUT2D eigenvalue weighted by atomic mass is 79.9. The number of aryl methyl sites for hydroxylation is 2. The normalized spacial score (nSPS) is 17.0. The van der Waals surface area contributed by atoms with E-state index in [2.05, 4.69) is 21.2 Å². The number of ether oxygens (including phenoxy) is 1. The standard InChI is InChI=1S/C23H25BrN2O4/c1-14-9-19(10-15(2)22(14)24)25-20(27)13-30-23(29)18-11-21(28)26(12-18)16(3)17-7-5-4-6-8-17/h4-10,16,18H,11-13H2,1-3H3,(H,25,27)/t16-,18-/m0/s1. The SMILES string of the molecule is Cc1cc(NC(=O)COC(=O)[C@H]2CC(=O)N([C@@H](C)c3ccccc3)C2)cc(C)c1Br. The van der Waals surface area contributed by atoms with Crippen LogP contribution in [0.2, 0.25) is 0 Å². The number of anilines is 1. The summed E-state index contributed by atoms with van der Waals surface area (Å²) in [6.45, 7) is 5.72. The van der Waals surface area contributed by atoms with Gasteiger partial charge in [0.1, 0.15) is 0 Å². The summed E-state index contributed by atoms with van der Waals surface area (Å²) in [7, 11) is 0. The monoisotopic (exact) mass is 472 g/mol. The molecule has 2 amide bonds. The van der Waals surface area contributed by atoms with Crippen molar-refractivity contribution in [2.45, 2.75) is 33.2 Å². The minimum absolute atomic E-state index is 0.0847. The number of halogens is 1. The Labute approximate surface area is 184 Å². The molecular weight excluding hydrogens is 448 g/mol. The number of amides is 2. The van der Waals surface area contributed by atoms with Crippen molar-refractivity contribution in [3.8, 4) is 0 Å². The van der Waals surface area contributed by atoms with Crippen LogP contribution in [-0.2, 0) is 19.1 Å². The highest BCUT2D eigenvalue weighted by Gasteiger charge is 2.38. The number of benzene rings is 2. The molecule has 0 spiro atoms. The molecule has 1 aliphatic heterocycles. The maximum atomic E-state index is 12.4. The number of nitrogens with zero attached hydrogens (tertiary/aromatic N) is 1. The molecular formula is C23H25BrN2O4. The molecule has 2 atom stereocenters. The number of likely N-dealkylation sites (tertiary alicyclic amines) is 1. The van der Waals surface area contributed by atoms with E-state index in [0.717, 1.165) is 21.2 Å². The molecule has 1 heterocycles. The molecule has 3 rings (SSSR count). The lowest BCUT2D eigenvalue weighted by Gasteiger charge is -2.25. The van der Waals surface area contributed by atoms with Crippen LogP contribution >= 0.6 is 15.9 Å². The number of hydrogen-bond acceptors (Lipinski definition) is 4. The van der Waals surface area contributed by atoms with Crippen molar-refractivity contribution in [1.82, 2.24) is 4.90 Å². The van der Waals surface area contributed by atoms with Crippen molar-refractivity contribution in [3.63, 3.8) is 0 Å². The average Bonchev–Trinajstić information content (AvgIpc) is 3.12. The van der Waals surface area contributed by atoms with Gasteiger partial charge in [0.2, 0.25) is 5.91 Å². The van der Waals surface area contributed by atoms with Gasteiger partial charge in [-0.05, 0) is 49.6 Å². The second kappa shape index (κ2) is 9.43. The summed E-state index contributed by atoms with van der Waals surface area (Å²) in [6, 6.07) is 13.2. The number of rotatable bonds is 6. The Morgan fingerprint density at radius 3 is 2.47 bits per heavy atom. The van der Waals surface area contributed by atoms with Crippen molar-refractivity contribution in [2.75, 3.05) is 18.5 Å². The maximum Gasteiger partial charge on any atom is 0.311 e. The molecule has 6 nitrogen and oxygen atoms in total. The first-order valence-corrected chi connectivity index (χ1v) is 10.6. The van der Waals surface area contributed by atoms with Gasteiger partial charge in [0.05, 0.1) is 12.0 Å². The van der Waals surface area contributed by atoms with Crippen molar-refractivity contribution in [2.24, 2.45) is 5.92 Å². The molecule has 1 saturated heterocycles. The zero-order chi connectivity index (χ0) is 21.8. The zero-order valence-electron chi connectivity index (χ0n) is 17.3. The molecule has 2 aromatic rings. The van der Waals surface area contributed by atoms with Crippen LogP contribution < -0.4 is 5.32 Å². The second-order valence-corrected chi connectivity index (χ2v) is 8.41. The van der Waals surface area contributed by atoms with E-state index >= 15 is 0 Å². The highest BCUT2D eigenvalue weighted by Crippen LogP contribution is 2.29. The second-order valence-electron chi connectivity index (χ2n) is 7.61. The van der Waals surface area contributed by atoms with E-state index in [0.29, 0.717) is 12.2 Å². The van der Waals surface area contributed by atoms with Gasteiger partial charge in [-0.25, -0.2) is 0 Å². The number of hydrogen-bond donors (Lipinski definition) is 1. The van der Waals surface area contributed by atoms with E-state index in [1.165, 1.54) is 0 Å². The molecule has 0 radical (unpaired) electrons. The van der Waals surface area contributed by atoms with Gasteiger partial charge in [-0.3, -0.25) is 14.4 Å². The number of nitrogens with one attached hydrogen (secondary N) is 1. The summed E-state index contributed by atoms with van der Waals surface area (Å²) in [5.74, 6) is -1.58. The highest BCUT2D eigenvalue weighted by molar-refractivity contribution is 9.10. The van der Waals surface area contributed by atoms with E-state index < -0.39 is 17.8 Å². The Kier molecular flexibility index (Phi) is 6.92. The molecule has 0 bridgehead atoms.